The van der Waals surface area contributed by atoms with Crippen molar-refractivity contribution in [2.75, 3.05) is 14.2 Å². The van der Waals surface area contributed by atoms with Crippen LogP contribution in [0.4, 0.5) is 0 Å². The van der Waals surface area contributed by atoms with Gasteiger partial charge < -0.3 is 9.47 Å². The average Bonchev–Trinajstić information content (AvgIpc) is 2.87. The molecule has 0 radical (unpaired) electrons. The molecule has 19 heavy (non-hydrogen) atoms. The molecule has 6 nitrogen and oxygen atoms in total. The molecule has 0 N–H and O–H groups in total. The smallest absolute Gasteiger partial charge is 0.161 e. The van der Waals surface area contributed by atoms with Crippen LogP contribution in [0.1, 0.15) is 31.3 Å². The van der Waals surface area contributed by atoms with Crippen LogP contribution in [0.15, 0.2) is 18.2 Å². The molecule has 0 unspecified atom stereocenters. The summed E-state index contributed by atoms with van der Waals surface area (Å²) in [6, 6.07) is 6.06. The maximum atomic E-state index is 5.29. The van der Waals surface area contributed by atoms with E-state index in [1.165, 1.54) is 0 Å². The standard InChI is InChI=1S/C13H18N4O2/c1-9(2)17-13(14-15-16-17)8-10-5-6-11(18-3)12(7-10)19-4/h5-7,9H,8H2,1-4H3. The van der Waals surface area contributed by atoms with E-state index in [0.717, 1.165) is 17.1 Å². The predicted octanol–water partition coefficient (Wildman–Crippen LogP) is 1.86. The number of hydrogen-bond acceptors (Lipinski definition) is 5. The van der Waals surface area contributed by atoms with Crippen LogP contribution < -0.4 is 9.47 Å². The van der Waals surface area contributed by atoms with Crippen molar-refractivity contribution in [2.24, 2.45) is 0 Å². The van der Waals surface area contributed by atoms with Crippen molar-refractivity contribution in [1.29, 1.82) is 0 Å². The van der Waals surface area contributed by atoms with Gasteiger partial charge in [-0.25, -0.2) is 4.68 Å². The minimum Gasteiger partial charge on any atom is -0.493 e. The van der Waals surface area contributed by atoms with E-state index in [1.807, 2.05) is 22.9 Å². The zero-order valence-corrected chi connectivity index (χ0v) is 11.6. The van der Waals surface area contributed by atoms with Gasteiger partial charge in [0.05, 0.1) is 20.3 Å². The number of aromatic nitrogens is 4. The molecule has 0 spiro atoms. The van der Waals surface area contributed by atoms with E-state index < -0.39 is 0 Å². The van der Waals surface area contributed by atoms with Crippen molar-refractivity contribution >= 4 is 0 Å². The molecule has 0 bridgehead atoms. The van der Waals surface area contributed by atoms with Gasteiger partial charge in [-0.2, -0.15) is 0 Å². The third kappa shape index (κ3) is 2.83. The lowest BCUT2D eigenvalue weighted by atomic mass is 10.1. The molecule has 102 valence electrons. The topological polar surface area (TPSA) is 62.1 Å². The van der Waals surface area contributed by atoms with Crippen LogP contribution >= 0.6 is 0 Å². The van der Waals surface area contributed by atoms with E-state index in [1.54, 1.807) is 14.2 Å². The van der Waals surface area contributed by atoms with Gasteiger partial charge >= 0.3 is 0 Å². The van der Waals surface area contributed by atoms with Gasteiger partial charge in [0.15, 0.2) is 17.3 Å². The molecule has 0 atom stereocenters. The maximum Gasteiger partial charge on any atom is 0.161 e. The highest BCUT2D eigenvalue weighted by Crippen LogP contribution is 2.28. The number of tetrazole rings is 1. The molecule has 2 aromatic rings. The third-order valence-electron chi connectivity index (χ3n) is 2.86. The lowest BCUT2D eigenvalue weighted by molar-refractivity contribution is 0.354. The quantitative estimate of drug-likeness (QED) is 0.823. The van der Waals surface area contributed by atoms with Crippen LogP contribution in [-0.4, -0.2) is 34.4 Å². The fourth-order valence-electron chi connectivity index (χ4n) is 1.90. The Kier molecular flexibility index (Phi) is 3.99. The molecule has 0 saturated carbocycles. The van der Waals surface area contributed by atoms with Gasteiger partial charge in [-0.15, -0.1) is 5.10 Å². The molecule has 0 saturated heterocycles. The van der Waals surface area contributed by atoms with E-state index in [0.29, 0.717) is 12.2 Å². The van der Waals surface area contributed by atoms with E-state index in [2.05, 4.69) is 29.4 Å². The minimum atomic E-state index is 0.241. The van der Waals surface area contributed by atoms with E-state index in [4.69, 9.17) is 9.47 Å². The Morgan fingerprint density at radius 1 is 1.16 bits per heavy atom. The van der Waals surface area contributed by atoms with Gasteiger partial charge in [0.1, 0.15) is 0 Å². The van der Waals surface area contributed by atoms with E-state index >= 15 is 0 Å². The van der Waals surface area contributed by atoms with E-state index in [-0.39, 0.29) is 6.04 Å². The monoisotopic (exact) mass is 262 g/mol. The highest BCUT2D eigenvalue weighted by Gasteiger charge is 2.11. The van der Waals surface area contributed by atoms with Crippen molar-refractivity contribution in [3.05, 3.63) is 29.6 Å². The predicted molar refractivity (Wildman–Crippen MR) is 70.6 cm³/mol. The summed E-state index contributed by atoms with van der Waals surface area (Å²) in [4.78, 5) is 0. The molecule has 0 aliphatic rings. The normalized spacial score (nSPS) is 10.8. The maximum absolute atomic E-state index is 5.29. The van der Waals surface area contributed by atoms with Crippen LogP contribution in [0.25, 0.3) is 0 Å². The van der Waals surface area contributed by atoms with Crippen LogP contribution in [0.5, 0.6) is 11.5 Å². The summed E-state index contributed by atoms with van der Waals surface area (Å²) >= 11 is 0. The number of hydrogen-bond donors (Lipinski definition) is 0. The number of ether oxygens (including phenoxy) is 2. The summed E-state index contributed by atoms with van der Waals surface area (Å²) in [5, 5.41) is 11.8. The molecule has 0 aliphatic heterocycles. The molecular weight excluding hydrogens is 244 g/mol. The molecule has 6 heteroatoms. The first-order valence-electron chi connectivity index (χ1n) is 6.13. The lowest BCUT2D eigenvalue weighted by Gasteiger charge is -2.10. The summed E-state index contributed by atoms with van der Waals surface area (Å²) in [7, 11) is 3.25. The highest BCUT2D eigenvalue weighted by molar-refractivity contribution is 5.43. The first-order chi connectivity index (χ1) is 9.15. The summed E-state index contributed by atoms with van der Waals surface area (Å²) in [6.45, 7) is 4.10. The van der Waals surface area contributed by atoms with Gasteiger partial charge in [-0.05, 0) is 42.0 Å². The van der Waals surface area contributed by atoms with Crippen molar-refractivity contribution in [2.45, 2.75) is 26.3 Å². The molecule has 0 fully saturated rings. The summed E-state index contributed by atoms with van der Waals surface area (Å²) in [6.07, 6.45) is 0.658. The number of rotatable bonds is 5. The second-order valence-corrected chi connectivity index (χ2v) is 4.50. The van der Waals surface area contributed by atoms with Gasteiger partial charge in [0.2, 0.25) is 0 Å². The Hall–Kier alpha value is -2.11. The molecule has 1 heterocycles. The van der Waals surface area contributed by atoms with Gasteiger partial charge in [-0.3, -0.25) is 0 Å². The molecular formula is C13H18N4O2. The number of benzene rings is 1. The van der Waals surface area contributed by atoms with Crippen molar-refractivity contribution in [3.8, 4) is 11.5 Å². The number of nitrogens with zero attached hydrogens (tertiary/aromatic N) is 4. The largest absolute Gasteiger partial charge is 0.493 e. The number of methoxy groups -OCH3 is 2. The first-order valence-corrected chi connectivity index (χ1v) is 6.13. The Balaban J connectivity index is 2.26. The van der Waals surface area contributed by atoms with Crippen molar-refractivity contribution in [1.82, 2.24) is 20.2 Å². The zero-order valence-electron chi connectivity index (χ0n) is 11.6. The van der Waals surface area contributed by atoms with Gasteiger partial charge in [0.25, 0.3) is 0 Å². The SMILES string of the molecule is COc1ccc(Cc2nnnn2C(C)C)cc1OC. The fourth-order valence-corrected chi connectivity index (χ4v) is 1.90. The Morgan fingerprint density at radius 2 is 1.89 bits per heavy atom. The average molecular weight is 262 g/mol. The molecule has 0 aliphatic carbocycles. The van der Waals surface area contributed by atoms with Gasteiger partial charge in [-0.1, -0.05) is 6.07 Å². The Morgan fingerprint density at radius 3 is 2.53 bits per heavy atom. The van der Waals surface area contributed by atoms with Crippen LogP contribution in [-0.2, 0) is 6.42 Å². The molecule has 2 rings (SSSR count). The molecule has 1 aromatic carbocycles. The zero-order chi connectivity index (χ0) is 13.8. The van der Waals surface area contributed by atoms with Crippen LogP contribution in [0.3, 0.4) is 0 Å². The van der Waals surface area contributed by atoms with Crippen molar-refractivity contribution < 1.29 is 9.47 Å². The molecule has 1 aromatic heterocycles. The van der Waals surface area contributed by atoms with Gasteiger partial charge in [0, 0.05) is 6.42 Å². The minimum absolute atomic E-state index is 0.241. The second kappa shape index (κ2) is 5.69. The third-order valence-corrected chi connectivity index (χ3v) is 2.86. The first kappa shape index (κ1) is 13.3. The van der Waals surface area contributed by atoms with E-state index in [9.17, 15) is 0 Å². The summed E-state index contributed by atoms with van der Waals surface area (Å²) < 4.78 is 12.3. The molecule has 0 amide bonds. The highest BCUT2D eigenvalue weighted by atomic mass is 16.5. The summed E-state index contributed by atoms with van der Waals surface area (Å²) in [5.74, 6) is 2.26. The lowest BCUT2D eigenvalue weighted by Crippen LogP contribution is -2.08. The Bertz CT molecular complexity index is 551. The summed E-state index contributed by atoms with van der Waals surface area (Å²) in [5.41, 5.74) is 1.08. The Labute approximate surface area is 112 Å². The van der Waals surface area contributed by atoms with Crippen LogP contribution in [0, 0.1) is 0 Å². The van der Waals surface area contributed by atoms with Crippen LogP contribution in [0.2, 0.25) is 0 Å². The fraction of sp³-hybridized carbons (Fsp3) is 0.462. The second-order valence-electron chi connectivity index (χ2n) is 4.50. The van der Waals surface area contributed by atoms with Crippen molar-refractivity contribution in [3.63, 3.8) is 0 Å².